The minimum atomic E-state index is 0.0168. The summed E-state index contributed by atoms with van der Waals surface area (Å²) in [6.45, 7) is 3.30. The predicted octanol–water partition coefficient (Wildman–Crippen LogP) is 4.78. The van der Waals surface area contributed by atoms with Crippen molar-refractivity contribution in [1.29, 1.82) is 0 Å². The fraction of sp³-hybridized carbons (Fsp3) is 0.231. The number of ketones is 1. The van der Waals surface area contributed by atoms with E-state index in [4.69, 9.17) is 0 Å². The van der Waals surface area contributed by atoms with Gasteiger partial charge in [0, 0.05) is 37.1 Å². The van der Waals surface area contributed by atoms with Crippen LogP contribution in [0.3, 0.4) is 0 Å². The molecule has 0 atom stereocenters. The van der Waals surface area contributed by atoms with Crippen molar-refractivity contribution in [2.45, 2.75) is 6.92 Å². The molecule has 0 aliphatic carbocycles. The number of hydrogen-bond donors (Lipinski definition) is 3. The molecule has 0 aliphatic rings. The lowest BCUT2D eigenvalue weighted by Crippen LogP contribution is -2.20. The molecule has 0 heterocycles. The summed E-state index contributed by atoms with van der Waals surface area (Å²) in [5, 5.41) is 15.5. The average molecular weight is 434 g/mol. The van der Waals surface area contributed by atoms with Crippen molar-refractivity contribution in [3.05, 3.63) is 77.9 Å². The highest BCUT2D eigenvalue weighted by Crippen LogP contribution is 2.25. The Morgan fingerprint density at radius 1 is 1.00 bits per heavy atom. The second kappa shape index (κ2) is 12.3. The number of nitrogens with one attached hydrogen (secondary N) is 2. The van der Waals surface area contributed by atoms with Gasteiger partial charge in [-0.05, 0) is 62.5 Å². The first-order chi connectivity index (χ1) is 15.3. The first kappa shape index (κ1) is 24.6. The van der Waals surface area contributed by atoms with Crippen molar-refractivity contribution in [2.24, 2.45) is 0 Å². The van der Waals surface area contributed by atoms with E-state index in [1.807, 2.05) is 57.5 Å². The van der Waals surface area contributed by atoms with E-state index in [2.05, 4.69) is 27.7 Å². The van der Waals surface area contributed by atoms with Gasteiger partial charge < -0.3 is 20.6 Å². The quantitative estimate of drug-likeness (QED) is 0.270. The van der Waals surface area contributed by atoms with Gasteiger partial charge in [-0.2, -0.15) is 0 Å². The molecule has 3 aromatic rings. The second-order valence-corrected chi connectivity index (χ2v) is 7.55. The number of hydrogen-bond acceptors (Lipinski definition) is 6. The van der Waals surface area contributed by atoms with Crippen LogP contribution in [0.25, 0.3) is 11.1 Å². The molecule has 3 rings (SSSR count). The predicted molar refractivity (Wildman–Crippen MR) is 132 cm³/mol. The van der Waals surface area contributed by atoms with Crippen LogP contribution in [0.1, 0.15) is 27.6 Å². The maximum absolute atomic E-state index is 11.4. The van der Waals surface area contributed by atoms with E-state index in [1.54, 1.807) is 19.1 Å². The second-order valence-electron chi connectivity index (χ2n) is 7.55. The van der Waals surface area contributed by atoms with Gasteiger partial charge in [0.15, 0.2) is 12.1 Å². The fourth-order valence-electron chi connectivity index (χ4n) is 3.05. The number of phenols is 1. The van der Waals surface area contributed by atoms with E-state index >= 15 is 0 Å². The molecule has 6 heteroatoms. The van der Waals surface area contributed by atoms with Crippen molar-refractivity contribution in [2.75, 3.05) is 44.9 Å². The topological polar surface area (TPSA) is 81.7 Å². The monoisotopic (exact) mass is 433 g/mol. The van der Waals surface area contributed by atoms with Gasteiger partial charge in [0.25, 0.3) is 0 Å². The van der Waals surface area contributed by atoms with E-state index in [0.29, 0.717) is 11.8 Å². The zero-order chi connectivity index (χ0) is 23.5. The zero-order valence-corrected chi connectivity index (χ0v) is 19.1. The molecule has 0 aliphatic heterocycles. The van der Waals surface area contributed by atoms with E-state index < -0.39 is 0 Å². The number of nitrogens with zero attached hydrogens (tertiary/aromatic N) is 1. The largest absolute Gasteiger partial charge is 0.507 e. The molecule has 0 fully saturated rings. The van der Waals surface area contributed by atoms with Crippen LogP contribution in [0.2, 0.25) is 0 Å². The third kappa shape index (κ3) is 7.25. The Bertz CT molecular complexity index is 1030. The molecule has 0 aromatic heterocycles. The van der Waals surface area contributed by atoms with Gasteiger partial charge in [0.05, 0.1) is 5.56 Å². The molecule has 0 spiro atoms. The highest BCUT2D eigenvalue weighted by atomic mass is 16.3. The summed E-state index contributed by atoms with van der Waals surface area (Å²) in [4.78, 5) is 24.1. The number of carbonyl (C=O) groups is 2. The average Bonchev–Trinajstić information content (AvgIpc) is 2.80. The third-order valence-electron chi connectivity index (χ3n) is 4.82. The summed E-state index contributed by atoms with van der Waals surface area (Å²) in [5.74, 6) is 0.0946. The molecular weight excluding hydrogens is 402 g/mol. The van der Waals surface area contributed by atoms with Crippen LogP contribution < -0.4 is 10.6 Å². The number of rotatable bonds is 8. The van der Waals surface area contributed by atoms with Crippen molar-refractivity contribution < 1.29 is 14.7 Å². The van der Waals surface area contributed by atoms with Crippen LogP contribution >= 0.6 is 0 Å². The van der Waals surface area contributed by atoms with Gasteiger partial charge in [-0.1, -0.05) is 36.4 Å². The summed E-state index contributed by atoms with van der Waals surface area (Å²) >= 11 is 0. The minimum Gasteiger partial charge on any atom is -0.507 e. The van der Waals surface area contributed by atoms with Gasteiger partial charge >= 0.3 is 0 Å². The van der Waals surface area contributed by atoms with E-state index in [9.17, 15) is 14.7 Å². The Morgan fingerprint density at radius 2 is 1.72 bits per heavy atom. The smallest absolute Gasteiger partial charge is 0.161 e. The molecule has 168 valence electrons. The lowest BCUT2D eigenvalue weighted by atomic mass is 10.0. The van der Waals surface area contributed by atoms with Gasteiger partial charge in [0.2, 0.25) is 0 Å². The molecule has 6 nitrogen and oxygen atoms in total. The zero-order valence-electron chi connectivity index (χ0n) is 19.1. The van der Waals surface area contributed by atoms with Crippen LogP contribution in [0.4, 0.5) is 11.4 Å². The summed E-state index contributed by atoms with van der Waals surface area (Å²) in [6.07, 6.45) is 0.645. The SMILES string of the molecule is CN(C)CCNc1ccc(O)c(C=O)c1.CNc1cc(-c2ccccc2)ccc1C(C)=O. The molecule has 0 unspecified atom stereocenters. The first-order valence-electron chi connectivity index (χ1n) is 10.4. The maximum Gasteiger partial charge on any atom is 0.161 e. The number of benzene rings is 3. The standard InChI is InChI=1S/C15H15NO.C11H16N2O2/c1-11(17)14-9-8-13(10-15(14)16-2)12-6-4-3-5-7-12;1-13(2)6-5-12-10-3-4-11(15)9(7-10)8-14/h3-10,16H,1-2H3;3-4,7-8,12,15H,5-6H2,1-2H3. The fourth-order valence-corrected chi connectivity index (χ4v) is 3.05. The van der Waals surface area contributed by atoms with Crippen LogP contribution in [0.5, 0.6) is 5.75 Å². The first-order valence-corrected chi connectivity index (χ1v) is 10.4. The highest BCUT2D eigenvalue weighted by Gasteiger charge is 2.07. The summed E-state index contributed by atoms with van der Waals surface area (Å²) in [6, 6.07) is 20.9. The van der Waals surface area contributed by atoms with Crippen molar-refractivity contribution in [3.8, 4) is 16.9 Å². The Labute approximate surface area is 189 Å². The summed E-state index contributed by atoms with van der Waals surface area (Å²) in [7, 11) is 5.82. The molecule has 0 radical (unpaired) electrons. The number of aldehydes is 1. The number of phenolic OH excluding ortho intramolecular Hbond substituents is 1. The van der Waals surface area contributed by atoms with Gasteiger partial charge in [-0.3, -0.25) is 9.59 Å². The van der Waals surface area contributed by atoms with Crippen LogP contribution in [0.15, 0.2) is 66.7 Å². The Hall–Kier alpha value is -3.64. The van der Waals surface area contributed by atoms with E-state index in [1.165, 1.54) is 6.07 Å². The number of likely N-dealkylation sites (N-methyl/N-ethyl adjacent to an activating group) is 1. The van der Waals surface area contributed by atoms with Crippen LogP contribution in [0, 0.1) is 0 Å². The van der Waals surface area contributed by atoms with E-state index in [-0.39, 0.29) is 11.5 Å². The molecule has 3 aromatic carbocycles. The van der Waals surface area contributed by atoms with Gasteiger partial charge in [-0.25, -0.2) is 0 Å². The third-order valence-corrected chi connectivity index (χ3v) is 4.82. The van der Waals surface area contributed by atoms with Crippen molar-refractivity contribution in [3.63, 3.8) is 0 Å². The normalized spacial score (nSPS) is 10.2. The molecule has 32 heavy (non-hydrogen) atoms. The molecule has 0 bridgehead atoms. The Balaban J connectivity index is 0.000000229. The lowest BCUT2D eigenvalue weighted by Gasteiger charge is -2.11. The Kier molecular flexibility index (Phi) is 9.44. The maximum atomic E-state index is 11.4. The van der Waals surface area contributed by atoms with Crippen LogP contribution in [-0.2, 0) is 0 Å². The number of carbonyl (C=O) groups excluding carboxylic acids is 2. The van der Waals surface area contributed by atoms with E-state index in [0.717, 1.165) is 41.2 Å². The number of aromatic hydroxyl groups is 1. The van der Waals surface area contributed by atoms with Crippen LogP contribution in [-0.4, -0.2) is 56.3 Å². The highest BCUT2D eigenvalue weighted by molar-refractivity contribution is 6.00. The van der Waals surface area contributed by atoms with Crippen molar-refractivity contribution in [1.82, 2.24) is 4.90 Å². The van der Waals surface area contributed by atoms with Crippen molar-refractivity contribution >= 4 is 23.4 Å². The molecule has 0 saturated heterocycles. The molecular formula is C26H31N3O3. The summed E-state index contributed by atoms with van der Waals surface area (Å²) < 4.78 is 0. The Morgan fingerprint density at radius 3 is 2.31 bits per heavy atom. The number of anilines is 2. The summed E-state index contributed by atoms with van der Waals surface area (Å²) in [5.41, 5.74) is 5.02. The molecule has 0 saturated carbocycles. The van der Waals surface area contributed by atoms with Gasteiger partial charge in [-0.15, -0.1) is 0 Å². The number of Topliss-reactive ketones (excluding diaryl/α,β-unsaturated/α-hetero) is 1. The van der Waals surface area contributed by atoms with Gasteiger partial charge in [0.1, 0.15) is 5.75 Å². The minimum absolute atomic E-state index is 0.0168. The molecule has 3 N–H and O–H groups in total. The lowest BCUT2D eigenvalue weighted by molar-refractivity contribution is 0.101. The molecule has 0 amide bonds.